The van der Waals surface area contributed by atoms with Gasteiger partial charge in [-0.2, -0.15) is 5.10 Å². The van der Waals surface area contributed by atoms with Crippen LogP contribution in [0.4, 0.5) is 5.69 Å². The number of nitrogens with zero attached hydrogens (tertiary/aromatic N) is 1. The second-order valence-electron chi connectivity index (χ2n) is 9.18. The fourth-order valence-electron chi connectivity index (χ4n) is 4.05. The Morgan fingerprint density at radius 3 is 1.98 bits per heavy atom. The number of rotatable bonds is 12. The molecule has 0 spiro atoms. The fraction of sp³-hybridized carbons (Fsp3) is 0.152. The maximum Gasteiger partial charge on any atom is 0.343 e. The first-order chi connectivity index (χ1) is 21.8. The van der Waals surface area contributed by atoms with Crippen LogP contribution in [0.1, 0.15) is 43.6 Å². The van der Waals surface area contributed by atoms with Crippen LogP contribution in [0.15, 0.2) is 88.4 Å². The maximum atomic E-state index is 12.9. The first-order valence-corrected chi connectivity index (χ1v) is 14.3. The highest BCUT2D eigenvalue weighted by molar-refractivity contribution is 9.10. The van der Waals surface area contributed by atoms with Gasteiger partial charge in [-0.3, -0.25) is 9.59 Å². The normalized spacial score (nSPS) is 10.6. The van der Waals surface area contributed by atoms with Gasteiger partial charge < -0.3 is 29.0 Å². The molecule has 0 unspecified atom stereocenters. The third-order valence-corrected chi connectivity index (χ3v) is 6.79. The van der Waals surface area contributed by atoms with Crippen molar-refractivity contribution in [2.75, 3.05) is 33.3 Å². The van der Waals surface area contributed by atoms with Gasteiger partial charge in [-0.05, 0) is 91.3 Å². The topological polar surface area (TPSA) is 134 Å². The lowest BCUT2D eigenvalue weighted by Gasteiger charge is -2.14. The number of halogens is 1. The Kier molecular flexibility index (Phi) is 11.1. The van der Waals surface area contributed by atoms with Gasteiger partial charge in [0, 0.05) is 21.3 Å². The average Bonchev–Trinajstić information content (AvgIpc) is 3.05. The molecule has 0 aliphatic carbocycles. The number of methoxy groups -OCH3 is 3. The third kappa shape index (κ3) is 8.39. The molecule has 0 saturated heterocycles. The predicted molar refractivity (Wildman–Crippen MR) is 172 cm³/mol. The summed E-state index contributed by atoms with van der Waals surface area (Å²) in [5.74, 6) is 0.282. The molecule has 0 aromatic heterocycles. The van der Waals surface area contributed by atoms with E-state index in [9.17, 15) is 14.4 Å². The summed E-state index contributed by atoms with van der Waals surface area (Å²) in [7, 11) is 4.41. The van der Waals surface area contributed by atoms with Gasteiger partial charge in [-0.1, -0.05) is 15.9 Å². The molecule has 232 valence electrons. The second kappa shape index (κ2) is 15.4. The summed E-state index contributed by atoms with van der Waals surface area (Å²) in [4.78, 5) is 38.1. The lowest BCUT2D eigenvalue weighted by molar-refractivity contribution is 0.0728. The molecule has 0 heterocycles. The van der Waals surface area contributed by atoms with Crippen molar-refractivity contribution >= 4 is 45.6 Å². The molecule has 0 aliphatic rings. The SMILES string of the molecule is CCOc1cc(/C=N\NC(=O)c2ccc(NC(=O)c3cc(OC)c(OC)c(OC)c3)cc2)ccc1OC(=O)c1ccc(Br)cc1. The van der Waals surface area contributed by atoms with Crippen molar-refractivity contribution in [3.8, 4) is 28.7 Å². The van der Waals surface area contributed by atoms with Crippen molar-refractivity contribution in [1.82, 2.24) is 5.43 Å². The molecule has 0 aliphatic heterocycles. The van der Waals surface area contributed by atoms with Crippen molar-refractivity contribution in [3.63, 3.8) is 0 Å². The van der Waals surface area contributed by atoms with Crippen molar-refractivity contribution in [1.29, 1.82) is 0 Å². The summed E-state index contributed by atoms with van der Waals surface area (Å²) in [6.07, 6.45) is 1.44. The third-order valence-electron chi connectivity index (χ3n) is 6.26. The molecule has 4 rings (SSSR count). The van der Waals surface area contributed by atoms with Gasteiger partial charge in [-0.15, -0.1) is 0 Å². The summed E-state index contributed by atoms with van der Waals surface area (Å²) in [6.45, 7) is 2.16. The smallest absolute Gasteiger partial charge is 0.343 e. The van der Waals surface area contributed by atoms with Gasteiger partial charge in [0.05, 0.1) is 39.7 Å². The van der Waals surface area contributed by atoms with Gasteiger partial charge in [0.25, 0.3) is 11.8 Å². The van der Waals surface area contributed by atoms with Crippen LogP contribution in [0.3, 0.4) is 0 Å². The Labute approximate surface area is 268 Å². The zero-order chi connectivity index (χ0) is 32.3. The number of hydrogen-bond acceptors (Lipinski definition) is 9. The molecular formula is C33H30BrN3O8. The minimum absolute atomic E-state index is 0.253. The van der Waals surface area contributed by atoms with E-state index in [2.05, 4.69) is 31.8 Å². The van der Waals surface area contributed by atoms with Crippen LogP contribution in [-0.4, -0.2) is 51.9 Å². The molecule has 45 heavy (non-hydrogen) atoms. The van der Waals surface area contributed by atoms with Crippen molar-refractivity contribution < 1.29 is 38.1 Å². The summed E-state index contributed by atoms with van der Waals surface area (Å²) < 4.78 is 27.9. The van der Waals surface area contributed by atoms with Crippen LogP contribution >= 0.6 is 15.9 Å². The van der Waals surface area contributed by atoms with Crippen LogP contribution in [0.2, 0.25) is 0 Å². The number of anilines is 1. The number of benzene rings is 4. The molecule has 12 heteroatoms. The Morgan fingerprint density at radius 2 is 1.38 bits per heavy atom. The second-order valence-corrected chi connectivity index (χ2v) is 10.1. The Morgan fingerprint density at radius 1 is 0.733 bits per heavy atom. The van der Waals surface area contributed by atoms with E-state index in [1.807, 2.05) is 6.92 Å². The highest BCUT2D eigenvalue weighted by atomic mass is 79.9. The number of esters is 1. The summed E-state index contributed by atoms with van der Waals surface area (Å²) in [5, 5.41) is 6.80. The van der Waals surface area contributed by atoms with Crippen LogP contribution in [0.5, 0.6) is 28.7 Å². The Hall–Kier alpha value is -5.36. The van der Waals surface area contributed by atoms with Crippen LogP contribution < -0.4 is 34.4 Å². The number of carbonyl (C=O) groups excluding carboxylic acids is 3. The van der Waals surface area contributed by atoms with E-state index < -0.39 is 17.8 Å². The van der Waals surface area contributed by atoms with Gasteiger partial charge in [0.15, 0.2) is 23.0 Å². The molecule has 0 fully saturated rings. The van der Waals surface area contributed by atoms with Gasteiger partial charge in [0.1, 0.15) is 0 Å². The van der Waals surface area contributed by atoms with E-state index in [1.54, 1.807) is 66.7 Å². The summed E-state index contributed by atoms with van der Waals surface area (Å²) in [5.41, 5.74) is 4.55. The predicted octanol–water partition coefficient (Wildman–Crippen LogP) is 6.11. The maximum absolute atomic E-state index is 12.9. The van der Waals surface area contributed by atoms with Gasteiger partial charge in [-0.25, -0.2) is 10.2 Å². The number of amides is 2. The molecule has 4 aromatic rings. The minimum atomic E-state index is -0.524. The number of ether oxygens (including phenoxy) is 5. The lowest BCUT2D eigenvalue weighted by atomic mass is 10.1. The zero-order valence-electron chi connectivity index (χ0n) is 24.9. The summed E-state index contributed by atoms with van der Waals surface area (Å²) >= 11 is 3.34. The molecule has 2 amide bonds. The number of hydrazone groups is 1. The Balaban J connectivity index is 1.37. The number of carbonyl (C=O) groups is 3. The molecular weight excluding hydrogens is 646 g/mol. The van der Waals surface area contributed by atoms with E-state index in [-0.39, 0.29) is 5.75 Å². The Bertz CT molecular complexity index is 1680. The molecule has 2 N–H and O–H groups in total. The fourth-order valence-corrected chi connectivity index (χ4v) is 4.32. The standard InChI is InChI=1S/C33H30BrN3O8/c1-5-44-27-16-20(6-15-26(27)45-33(40)22-7-11-24(34)12-8-22)19-35-37-32(39)21-9-13-25(14-10-21)36-31(38)23-17-28(41-2)30(43-4)29(18-23)42-3/h6-19H,5H2,1-4H3,(H,36,38)(H,37,39)/b35-19-. The van der Waals surface area contributed by atoms with E-state index in [0.717, 1.165) is 4.47 Å². The molecule has 4 aromatic carbocycles. The largest absolute Gasteiger partial charge is 0.493 e. The molecule has 0 atom stereocenters. The first kappa shape index (κ1) is 32.6. The van der Waals surface area contributed by atoms with E-state index >= 15 is 0 Å². The molecule has 0 radical (unpaired) electrons. The first-order valence-electron chi connectivity index (χ1n) is 13.6. The lowest BCUT2D eigenvalue weighted by Crippen LogP contribution is -2.18. The number of nitrogens with one attached hydrogen (secondary N) is 2. The number of hydrogen-bond donors (Lipinski definition) is 2. The van der Waals surface area contributed by atoms with E-state index in [0.29, 0.717) is 57.5 Å². The van der Waals surface area contributed by atoms with E-state index in [4.69, 9.17) is 23.7 Å². The molecule has 0 bridgehead atoms. The summed E-state index contributed by atoms with van der Waals surface area (Å²) in [6, 6.07) is 21.1. The van der Waals surface area contributed by atoms with Gasteiger partial charge >= 0.3 is 5.97 Å². The highest BCUT2D eigenvalue weighted by Crippen LogP contribution is 2.38. The monoisotopic (exact) mass is 675 g/mol. The van der Waals surface area contributed by atoms with Crippen LogP contribution in [-0.2, 0) is 0 Å². The molecule has 11 nitrogen and oxygen atoms in total. The quantitative estimate of drug-likeness (QED) is 0.0795. The van der Waals surface area contributed by atoms with Crippen LogP contribution in [0.25, 0.3) is 0 Å². The van der Waals surface area contributed by atoms with Crippen molar-refractivity contribution in [2.24, 2.45) is 5.10 Å². The van der Waals surface area contributed by atoms with Crippen molar-refractivity contribution in [3.05, 3.63) is 106 Å². The average molecular weight is 677 g/mol. The van der Waals surface area contributed by atoms with Gasteiger partial charge in [0.2, 0.25) is 5.75 Å². The van der Waals surface area contributed by atoms with Crippen LogP contribution in [0, 0.1) is 0 Å². The minimum Gasteiger partial charge on any atom is -0.493 e. The zero-order valence-corrected chi connectivity index (χ0v) is 26.5. The van der Waals surface area contributed by atoms with Crippen molar-refractivity contribution in [2.45, 2.75) is 6.92 Å². The molecule has 0 saturated carbocycles. The van der Waals surface area contributed by atoms with E-state index in [1.165, 1.54) is 39.7 Å². The highest BCUT2D eigenvalue weighted by Gasteiger charge is 2.18.